The molecule has 3 fully saturated rings. The molecule has 3 aromatic rings. The van der Waals surface area contributed by atoms with Crippen molar-refractivity contribution in [2.75, 3.05) is 12.3 Å². The van der Waals surface area contributed by atoms with Gasteiger partial charge in [0, 0.05) is 33.6 Å². The number of aromatic nitrogens is 1. The van der Waals surface area contributed by atoms with Crippen LogP contribution >= 0.6 is 34.5 Å². The van der Waals surface area contributed by atoms with E-state index in [0.717, 1.165) is 18.9 Å². The van der Waals surface area contributed by atoms with E-state index in [0.29, 0.717) is 56.9 Å². The SMILES string of the molecule is CCCS(=O)(=O)NC(=O)c1cc(F)c2nc(C34CC(CN3)C(N3OC(C5CC5)=C(C(=O)O)C3c3c(Cl)cccc3Cl)C4)sc2c1. The Morgan fingerprint density at radius 3 is 2.64 bits per heavy atom. The lowest BCUT2D eigenvalue weighted by Crippen LogP contribution is -2.48. The second kappa shape index (κ2) is 11.2. The van der Waals surface area contributed by atoms with Crippen LogP contribution in [0.1, 0.15) is 66.0 Å². The second-order valence-corrected chi connectivity index (χ2v) is 15.8. The number of hydroxylamine groups is 2. The summed E-state index contributed by atoms with van der Waals surface area (Å²) in [6.45, 7) is 2.27. The molecule has 1 saturated heterocycles. The van der Waals surface area contributed by atoms with Gasteiger partial charge >= 0.3 is 5.97 Å². The highest BCUT2D eigenvalue weighted by molar-refractivity contribution is 7.90. The second-order valence-electron chi connectivity index (χ2n) is 12.1. The smallest absolute Gasteiger partial charge is 0.337 e. The molecule has 2 aliphatic carbocycles. The summed E-state index contributed by atoms with van der Waals surface area (Å²) in [5.74, 6) is -2.42. The summed E-state index contributed by atoms with van der Waals surface area (Å²) in [6, 6.07) is 6.47. The van der Waals surface area contributed by atoms with Gasteiger partial charge in [-0.3, -0.25) is 4.79 Å². The number of hydrogen-bond acceptors (Lipinski definition) is 9. The summed E-state index contributed by atoms with van der Waals surface area (Å²) in [5, 5.41) is 17.0. The van der Waals surface area contributed by atoms with Crippen LogP contribution in [-0.4, -0.2) is 53.8 Å². The molecule has 2 aromatic carbocycles. The number of carbonyl (C=O) groups is 2. The van der Waals surface area contributed by atoms with Crippen molar-refractivity contribution >= 4 is 66.7 Å². The first-order chi connectivity index (χ1) is 21.4. The fraction of sp³-hybridized carbons (Fsp3) is 0.433. The van der Waals surface area contributed by atoms with Crippen molar-refractivity contribution in [1.82, 2.24) is 20.1 Å². The summed E-state index contributed by atoms with van der Waals surface area (Å²) < 4.78 is 42.0. The number of piperidine rings is 1. The van der Waals surface area contributed by atoms with Crippen LogP contribution in [0, 0.1) is 17.7 Å². The Labute approximate surface area is 272 Å². The van der Waals surface area contributed by atoms with Crippen molar-refractivity contribution in [2.24, 2.45) is 11.8 Å². The van der Waals surface area contributed by atoms with Gasteiger partial charge in [-0.1, -0.05) is 36.2 Å². The topological polar surface area (TPSA) is 138 Å². The van der Waals surface area contributed by atoms with Crippen LogP contribution in [-0.2, 0) is 25.2 Å². The number of nitrogens with one attached hydrogen (secondary N) is 2. The number of halogens is 3. The number of hydrogen-bond donors (Lipinski definition) is 3. The fourth-order valence-corrected chi connectivity index (χ4v) is 9.75. The highest BCUT2D eigenvalue weighted by atomic mass is 35.5. The quantitative estimate of drug-likeness (QED) is 0.264. The molecule has 1 amide bonds. The van der Waals surface area contributed by atoms with Gasteiger partial charge in [-0.05, 0) is 62.3 Å². The van der Waals surface area contributed by atoms with Crippen LogP contribution in [0.3, 0.4) is 0 Å². The molecule has 0 radical (unpaired) electrons. The average molecular weight is 696 g/mol. The standard InChI is InChI=1S/C30H29Cl2FN4O6S2/c1-2-8-45(41,42)36-27(38)15-9-19(33)24-21(10-15)44-29(35-24)30-11-16(13-34-30)20(12-30)37-25(22-17(31)4-3-5-18(22)32)23(28(39)40)26(43-37)14-6-7-14/h3-5,9-10,14,16,20,25,34H,2,6-8,11-13H2,1H3,(H,36,38)(H,39,40). The van der Waals surface area contributed by atoms with E-state index in [1.807, 2.05) is 4.72 Å². The first-order valence-corrected chi connectivity index (χ1v) is 17.9. The predicted molar refractivity (Wildman–Crippen MR) is 167 cm³/mol. The maximum absolute atomic E-state index is 15.3. The van der Waals surface area contributed by atoms with Crippen LogP contribution in [0.4, 0.5) is 4.39 Å². The van der Waals surface area contributed by atoms with Crippen LogP contribution in [0.25, 0.3) is 10.2 Å². The Morgan fingerprint density at radius 2 is 1.98 bits per heavy atom. The lowest BCUT2D eigenvalue weighted by molar-refractivity contribution is -0.167. The molecule has 2 saturated carbocycles. The van der Waals surface area contributed by atoms with Crippen LogP contribution in [0.2, 0.25) is 10.0 Å². The van der Waals surface area contributed by atoms with E-state index in [-0.39, 0.29) is 40.3 Å². The van der Waals surface area contributed by atoms with E-state index < -0.39 is 39.3 Å². The number of rotatable bonds is 9. The molecule has 238 valence electrons. The van der Waals surface area contributed by atoms with E-state index in [1.54, 1.807) is 30.2 Å². The zero-order chi connectivity index (χ0) is 31.8. The maximum atomic E-state index is 15.3. The molecule has 15 heteroatoms. The molecular formula is C30H29Cl2FN4O6S2. The molecule has 2 aliphatic heterocycles. The predicted octanol–water partition coefficient (Wildman–Crippen LogP) is 5.53. The molecule has 4 aliphatic rings. The molecule has 2 bridgehead atoms. The Kier molecular flexibility index (Phi) is 7.65. The maximum Gasteiger partial charge on any atom is 0.337 e. The molecule has 1 aromatic heterocycles. The highest BCUT2D eigenvalue weighted by Crippen LogP contribution is 2.57. The minimum absolute atomic E-state index is 0.0196. The van der Waals surface area contributed by atoms with Crippen LogP contribution in [0.5, 0.6) is 0 Å². The highest BCUT2D eigenvalue weighted by Gasteiger charge is 2.59. The number of thiazole rings is 1. The summed E-state index contributed by atoms with van der Waals surface area (Å²) in [5.41, 5.74) is -0.0465. The average Bonchev–Trinajstić information content (AvgIpc) is 3.31. The van der Waals surface area contributed by atoms with Crippen molar-refractivity contribution in [2.45, 2.75) is 56.7 Å². The van der Waals surface area contributed by atoms with Gasteiger partial charge in [-0.25, -0.2) is 27.3 Å². The number of carbonyl (C=O) groups excluding carboxylic acids is 1. The molecule has 45 heavy (non-hydrogen) atoms. The lowest BCUT2D eigenvalue weighted by atomic mass is 9.93. The molecule has 7 rings (SSSR count). The summed E-state index contributed by atoms with van der Waals surface area (Å²) in [6.07, 6.45) is 3.14. The van der Waals surface area contributed by atoms with Gasteiger partial charge < -0.3 is 15.3 Å². The summed E-state index contributed by atoms with van der Waals surface area (Å²) >= 11 is 14.5. The van der Waals surface area contributed by atoms with E-state index in [9.17, 15) is 23.1 Å². The monoisotopic (exact) mass is 694 g/mol. The molecule has 4 atom stereocenters. The molecular weight excluding hydrogens is 666 g/mol. The number of fused-ring (bicyclic) bond motifs is 3. The minimum atomic E-state index is -3.84. The fourth-order valence-electron chi connectivity index (χ4n) is 6.90. The number of sulfonamides is 1. The van der Waals surface area contributed by atoms with Gasteiger partial charge in [-0.15, -0.1) is 16.4 Å². The molecule has 10 nitrogen and oxygen atoms in total. The number of carboxylic acid groups (broad SMARTS) is 1. The van der Waals surface area contributed by atoms with E-state index in [1.165, 1.54) is 17.4 Å². The van der Waals surface area contributed by atoms with E-state index in [2.05, 4.69) is 10.3 Å². The van der Waals surface area contributed by atoms with Crippen LogP contribution in [0.15, 0.2) is 41.7 Å². The molecule has 4 unspecified atom stereocenters. The van der Waals surface area contributed by atoms with Gasteiger partial charge in [0.2, 0.25) is 10.0 Å². The molecule has 3 N–H and O–H groups in total. The zero-order valence-corrected chi connectivity index (χ0v) is 27.1. The van der Waals surface area contributed by atoms with Crippen molar-refractivity contribution < 1.29 is 32.3 Å². The summed E-state index contributed by atoms with van der Waals surface area (Å²) in [4.78, 5) is 36.5. The van der Waals surface area contributed by atoms with E-state index >= 15 is 4.39 Å². The number of amides is 1. The third-order valence-corrected chi connectivity index (χ3v) is 12.3. The molecule has 0 spiro atoms. The van der Waals surface area contributed by atoms with Crippen molar-refractivity contribution in [3.63, 3.8) is 0 Å². The van der Waals surface area contributed by atoms with Gasteiger partial charge in [0.15, 0.2) is 5.82 Å². The minimum Gasteiger partial charge on any atom is -0.478 e. The third-order valence-electron chi connectivity index (χ3n) is 9.03. The third kappa shape index (κ3) is 5.31. The zero-order valence-electron chi connectivity index (χ0n) is 24.0. The van der Waals surface area contributed by atoms with Gasteiger partial charge in [0.1, 0.15) is 27.9 Å². The summed E-state index contributed by atoms with van der Waals surface area (Å²) in [7, 11) is -3.84. The van der Waals surface area contributed by atoms with Crippen molar-refractivity contribution in [3.8, 4) is 0 Å². The number of aliphatic carboxylic acids is 1. The lowest BCUT2D eigenvalue weighted by Gasteiger charge is -2.37. The number of carboxylic acids is 1. The van der Waals surface area contributed by atoms with Crippen LogP contribution < -0.4 is 10.0 Å². The van der Waals surface area contributed by atoms with Crippen molar-refractivity contribution in [1.29, 1.82) is 0 Å². The number of nitrogens with zero attached hydrogens (tertiary/aromatic N) is 2. The number of benzene rings is 2. The van der Waals surface area contributed by atoms with Crippen molar-refractivity contribution in [3.05, 3.63) is 73.7 Å². The molecule has 3 heterocycles. The first-order valence-electron chi connectivity index (χ1n) is 14.7. The largest absolute Gasteiger partial charge is 0.478 e. The Bertz CT molecular complexity index is 1880. The Morgan fingerprint density at radius 1 is 1.24 bits per heavy atom. The van der Waals surface area contributed by atoms with Gasteiger partial charge in [0.05, 0.1) is 22.0 Å². The Hall–Kier alpha value is -2.81. The normalized spacial score (nSPS) is 26.5. The first kappa shape index (κ1) is 30.8. The van der Waals surface area contributed by atoms with Gasteiger partial charge in [0.25, 0.3) is 5.91 Å². The number of allylic oxidation sites excluding steroid dienone is 1. The Balaban J connectivity index is 1.22. The van der Waals surface area contributed by atoms with E-state index in [4.69, 9.17) is 28.0 Å². The van der Waals surface area contributed by atoms with Gasteiger partial charge in [-0.2, -0.15) is 0 Å².